The predicted octanol–water partition coefficient (Wildman–Crippen LogP) is 1.10. The molecule has 1 N–H and O–H groups in total. The average Bonchev–Trinajstić information content (AvgIpc) is 2.86. The summed E-state index contributed by atoms with van der Waals surface area (Å²) >= 11 is 0. The Bertz CT molecular complexity index is 604. The molecule has 0 spiro atoms. The van der Waals surface area contributed by atoms with E-state index in [1.54, 1.807) is 13.2 Å². The van der Waals surface area contributed by atoms with Crippen LogP contribution in [0.15, 0.2) is 17.4 Å². The molecule has 0 bridgehead atoms. The fourth-order valence-corrected chi connectivity index (χ4v) is 3.57. The number of guanidine groups is 1. The van der Waals surface area contributed by atoms with Crippen LogP contribution < -0.4 is 5.32 Å². The Kier molecular flexibility index (Phi) is 5.51. The lowest BCUT2D eigenvalue weighted by Gasteiger charge is -2.49. The van der Waals surface area contributed by atoms with Gasteiger partial charge in [-0.1, -0.05) is 0 Å². The molecule has 2 heterocycles. The fraction of sp³-hybridized carbons (Fsp3) is 0.706. The number of rotatable bonds is 4. The molecule has 7 nitrogen and oxygen atoms in total. The molecule has 1 fully saturated rings. The van der Waals surface area contributed by atoms with Crippen LogP contribution in [0.5, 0.6) is 0 Å². The molecular weight excluding hydrogens is 304 g/mol. The van der Waals surface area contributed by atoms with Gasteiger partial charge >= 0.3 is 0 Å². The molecule has 134 valence electrons. The van der Waals surface area contributed by atoms with Crippen molar-refractivity contribution in [2.45, 2.75) is 52.7 Å². The summed E-state index contributed by atoms with van der Waals surface area (Å²) in [7, 11) is 1.76. The minimum atomic E-state index is -0.220. The van der Waals surface area contributed by atoms with Gasteiger partial charge in [-0.15, -0.1) is 0 Å². The van der Waals surface area contributed by atoms with E-state index in [2.05, 4.69) is 47.6 Å². The first-order chi connectivity index (χ1) is 11.3. The molecule has 0 aliphatic carbocycles. The average molecular weight is 334 g/mol. The molecular formula is C17H30N6O. The normalized spacial score (nSPS) is 18.5. The number of aromatic nitrogens is 2. The van der Waals surface area contributed by atoms with E-state index in [0.717, 1.165) is 31.4 Å². The van der Waals surface area contributed by atoms with Crippen molar-refractivity contribution in [3.05, 3.63) is 18.2 Å². The second kappa shape index (κ2) is 7.23. The van der Waals surface area contributed by atoms with Gasteiger partial charge in [-0.25, -0.2) is 4.98 Å². The van der Waals surface area contributed by atoms with E-state index in [-0.39, 0.29) is 17.5 Å². The minimum Gasteiger partial charge on any atom is -0.354 e. The Balaban J connectivity index is 1.98. The third kappa shape index (κ3) is 3.88. The van der Waals surface area contributed by atoms with Crippen molar-refractivity contribution in [2.75, 3.05) is 26.7 Å². The Hall–Kier alpha value is -2.05. The molecule has 1 aromatic rings. The molecule has 1 amide bonds. The summed E-state index contributed by atoms with van der Waals surface area (Å²) < 4.78 is 2.09. The van der Waals surface area contributed by atoms with Crippen molar-refractivity contribution in [1.29, 1.82) is 0 Å². The summed E-state index contributed by atoms with van der Waals surface area (Å²) in [6, 6.07) is 0.203. The van der Waals surface area contributed by atoms with Crippen LogP contribution in [0.1, 0.15) is 33.5 Å². The number of carbonyl (C=O) groups excluding carboxylic acids is 1. The van der Waals surface area contributed by atoms with Crippen molar-refractivity contribution in [3.8, 4) is 0 Å². The van der Waals surface area contributed by atoms with Crippen LogP contribution in [0.25, 0.3) is 0 Å². The van der Waals surface area contributed by atoms with Gasteiger partial charge in [-0.05, 0) is 34.6 Å². The number of imidazole rings is 1. The van der Waals surface area contributed by atoms with Crippen molar-refractivity contribution in [1.82, 2.24) is 24.7 Å². The second-order valence-corrected chi connectivity index (χ2v) is 7.17. The fourth-order valence-electron chi connectivity index (χ4n) is 3.57. The van der Waals surface area contributed by atoms with Crippen molar-refractivity contribution in [3.63, 3.8) is 0 Å². The topological polar surface area (TPSA) is 65.8 Å². The number of hydrogen-bond donors (Lipinski definition) is 1. The highest BCUT2D eigenvalue weighted by Crippen LogP contribution is 2.24. The Morgan fingerprint density at radius 3 is 2.67 bits per heavy atom. The molecule has 0 saturated carbocycles. The zero-order valence-electron chi connectivity index (χ0n) is 15.7. The van der Waals surface area contributed by atoms with E-state index in [0.29, 0.717) is 6.54 Å². The molecule has 0 aromatic carbocycles. The second-order valence-electron chi connectivity index (χ2n) is 7.17. The highest BCUT2D eigenvalue weighted by molar-refractivity contribution is 5.88. The molecule has 0 radical (unpaired) electrons. The van der Waals surface area contributed by atoms with Crippen LogP contribution in [0.3, 0.4) is 0 Å². The van der Waals surface area contributed by atoms with Crippen molar-refractivity contribution < 1.29 is 4.79 Å². The van der Waals surface area contributed by atoms with Crippen LogP contribution in [0.4, 0.5) is 0 Å². The molecule has 24 heavy (non-hydrogen) atoms. The molecule has 2 rings (SSSR count). The monoisotopic (exact) mass is 334 g/mol. The van der Waals surface area contributed by atoms with Gasteiger partial charge in [-0.2, -0.15) is 0 Å². The van der Waals surface area contributed by atoms with Crippen LogP contribution in [0, 0.1) is 6.92 Å². The highest BCUT2D eigenvalue weighted by atomic mass is 16.2. The Morgan fingerprint density at radius 2 is 2.17 bits per heavy atom. The maximum absolute atomic E-state index is 12.6. The lowest BCUT2D eigenvalue weighted by Crippen LogP contribution is -2.66. The van der Waals surface area contributed by atoms with Gasteiger partial charge in [0.2, 0.25) is 5.91 Å². The number of hydrogen-bond acceptors (Lipinski definition) is 3. The summed E-state index contributed by atoms with van der Waals surface area (Å²) in [6.45, 7) is 13.0. The van der Waals surface area contributed by atoms with E-state index in [9.17, 15) is 4.79 Å². The first kappa shape index (κ1) is 18.3. The van der Waals surface area contributed by atoms with Crippen LogP contribution in [-0.2, 0) is 11.3 Å². The van der Waals surface area contributed by atoms with Gasteiger partial charge < -0.3 is 19.7 Å². The van der Waals surface area contributed by atoms with E-state index in [1.165, 1.54) is 0 Å². The Labute approximate surface area is 144 Å². The van der Waals surface area contributed by atoms with Crippen molar-refractivity contribution in [2.24, 2.45) is 4.99 Å². The van der Waals surface area contributed by atoms with E-state index >= 15 is 0 Å². The number of carbonyl (C=O) groups is 1. The van der Waals surface area contributed by atoms with Gasteiger partial charge in [0.1, 0.15) is 5.82 Å². The van der Waals surface area contributed by atoms with E-state index in [4.69, 9.17) is 0 Å². The number of nitrogens with zero attached hydrogens (tertiary/aromatic N) is 5. The van der Waals surface area contributed by atoms with Crippen LogP contribution >= 0.6 is 0 Å². The summed E-state index contributed by atoms with van der Waals surface area (Å²) in [5.74, 6) is 1.92. The number of amides is 1. The van der Waals surface area contributed by atoms with Gasteiger partial charge in [0.05, 0.1) is 12.1 Å². The Morgan fingerprint density at radius 1 is 1.46 bits per heavy atom. The third-order valence-corrected chi connectivity index (χ3v) is 4.41. The molecule has 1 aliphatic heterocycles. The predicted molar refractivity (Wildman–Crippen MR) is 96.0 cm³/mol. The zero-order valence-corrected chi connectivity index (χ0v) is 15.7. The van der Waals surface area contributed by atoms with E-state index in [1.807, 2.05) is 22.9 Å². The third-order valence-electron chi connectivity index (χ3n) is 4.41. The quantitative estimate of drug-likeness (QED) is 0.661. The first-order valence-corrected chi connectivity index (χ1v) is 8.51. The van der Waals surface area contributed by atoms with E-state index < -0.39 is 0 Å². The number of piperazine rings is 1. The molecule has 0 atom stereocenters. The smallest absolute Gasteiger partial charge is 0.242 e. The SMILES string of the molecule is CN=C(NCCn1ccnc1C)N1CC(=O)N(C(C)C)C(C)(C)C1. The minimum absolute atomic E-state index is 0.148. The summed E-state index contributed by atoms with van der Waals surface area (Å²) in [5, 5.41) is 3.36. The highest BCUT2D eigenvalue weighted by Gasteiger charge is 2.40. The van der Waals surface area contributed by atoms with Gasteiger partial charge in [0, 0.05) is 45.1 Å². The molecule has 1 saturated heterocycles. The number of aryl methyl sites for hydroxylation is 1. The van der Waals surface area contributed by atoms with Gasteiger partial charge in [0.15, 0.2) is 5.96 Å². The standard InChI is InChI=1S/C17H30N6O/c1-13(2)23-15(24)11-22(12-17(23,4)5)16(18-6)20-8-10-21-9-7-19-14(21)3/h7,9,13H,8,10-12H2,1-6H3,(H,18,20). The zero-order chi connectivity index (χ0) is 17.9. The largest absolute Gasteiger partial charge is 0.354 e. The molecule has 1 aliphatic rings. The van der Waals surface area contributed by atoms with Crippen molar-refractivity contribution >= 4 is 11.9 Å². The summed E-state index contributed by atoms with van der Waals surface area (Å²) in [6.07, 6.45) is 3.77. The molecule has 1 aromatic heterocycles. The lowest BCUT2D eigenvalue weighted by molar-refractivity contribution is -0.145. The maximum atomic E-state index is 12.6. The van der Waals surface area contributed by atoms with Crippen LogP contribution in [-0.4, -0.2) is 69.5 Å². The summed E-state index contributed by atoms with van der Waals surface area (Å²) in [5.41, 5.74) is -0.220. The molecule has 0 unspecified atom stereocenters. The van der Waals surface area contributed by atoms with Gasteiger partial charge in [0.25, 0.3) is 0 Å². The molecule has 7 heteroatoms. The first-order valence-electron chi connectivity index (χ1n) is 8.51. The number of nitrogens with one attached hydrogen (secondary N) is 1. The summed E-state index contributed by atoms with van der Waals surface area (Å²) in [4.78, 5) is 25.2. The number of aliphatic imine (C=N–C) groups is 1. The lowest BCUT2D eigenvalue weighted by atomic mass is 9.96. The van der Waals surface area contributed by atoms with Gasteiger partial charge in [-0.3, -0.25) is 9.79 Å². The maximum Gasteiger partial charge on any atom is 0.242 e. The van der Waals surface area contributed by atoms with Crippen LogP contribution in [0.2, 0.25) is 0 Å².